The molecule has 1 aromatic rings. The summed E-state index contributed by atoms with van der Waals surface area (Å²) in [6.45, 7) is 10.3. The van der Waals surface area contributed by atoms with Crippen molar-refractivity contribution >= 4 is 33.8 Å². The maximum absolute atomic E-state index is 12.1. The highest BCUT2D eigenvalue weighted by Gasteiger charge is 2.41. The summed E-state index contributed by atoms with van der Waals surface area (Å²) in [5, 5.41) is 2.96. The molecule has 1 aliphatic rings. The Morgan fingerprint density at radius 1 is 1.36 bits per heavy atom. The molecule has 1 aliphatic heterocycles. The van der Waals surface area contributed by atoms with E-state index in [0.717, 1.165) is 12.8 Å². The van der Waals surface area contributed by atoms with Gasteiger partial charge in [0.1, 0.15) is 5.60 Å². The van der Waals surface area contributed by atoms with Crippen molar-refractivity contribution in [3.63, 3.8) is 0 Å². The molecular weight excluding hydrogens is 428 g/mol. The van der Waals surface area contributed by atoms with Gasteiger partial charge in [-0.3, -0.25) is 0 Å². The van der Waals surface area contributed by atoms with Gasteiger partial charge in [0.25, 0.3) is 0 Å². The van der Waals surface area contributed by atoms with Crippen molar-refractivity contribution in [2.45, 2.75) is 64.1 Å². The van der Waals surface area contributed by atoms with Gasteiger partial charge in [-0.25, -0.2) is 19.6 Å². The topological polar surface area (TPSA) is 93.6 Å². The predicted molar refractivity (Wildman–Crippen MR) is 110 cm³/mol. The first-order chi connectivity index (χ1) is 13.0. The molecule has 0 radical (unpaired) electrons. The number of alkyl carbamates (subject to hydrolysis) is 1. The summed E-state index contributed by atoms with van der Waals surface area (Å²) in [4.78, 5) is 34.6. The zero-order valence-corrected chi connectivity index (χ0v) is 18.9. The largest absolute Gasteiger partial charge is 0.464 e. The zero-order chi connectivity index (χ0) is 21.1. The van der Waals surface area contributed by atoms with Crippen molar-refractivity contribution in [2.24, 2.45) is 5.41 Å². The first-order valence-corrected chi connectivity index (χ1v) is 10.2. The van der Waals surface area contributed by atoms with Gasteiger partial charge in [-0.2, -0.15) is 0 Å². The van der Waals surface area contributed by atoms with Gasteiger partial charge in [-0.05, 0) is 46.0 Å². The number of carbonyl (C=O) groups excluding carboxylic acids is 2. The van der Waals surface area contributed by atoms with Gasteiger partial charge in [0, 0.05) is 25.0 Å². The number of nitrogens with zero attached hydrogens (tertiary/aromatic N) is 3. The van der Waals surface area contributed by atoms with Crippen molar-refractivity contribution in [1.82, 2.24) is 15.3 Å². The molecule has 0 aromatic carbocycles. The van der Waals surface area contributed by atoms with Gasteiger partial charge in [-0.15, -0.1) is 0 Å². The summed E-state index contributed by atoms with van der Waals surface area (Å²) in [7, 11) is 1.32. The van der Waals surface area contributed by atoms with Crippen LogP contribution < -0.4 is 10.2 Å². The minimum atomic E-state index is -0.539. The van der Waals surface area contributed by atoms with E-state index in [9.17, 15) is 9.59 Å². The van der Waals surface area contributed by atoms with Gasteiger partial charge in [0.2, 0.25) is 0 Å². The first kappa shape index (κ1) is 22.4. The summed E-state index contributed by atoms with van der Waals surface area (Å²) >= 11 is 3.72. The number of halogens is 1. The number of anilines is 1. The van der Waals surface area contributed by atoms with E-state index in [0.29, 0.717) is 12.4 Å². The number of hydrogen-bond donors (Lipinski definition) is 1. The Balaban J connectivity index is 2.11. The third-order valence-electron chi connectivity index (χ3n) is 5.01. The minimum Gasteiger partial charge on any atom is -0.464 e. The number of amides is 1. The summed E-state index contributed by atoms with van der Waals surface area (Å²) in [5.41, 5.74) is -0.504. The summed E-state index contributed by atoms with van der Waals surface area (Å²) in [5.74, 6) is -0.0258. The van der Waals surface area contributed by atoms with E-state index >= 15 is 0 Å². The number of esters is 1. The highest BCUT2D eigenvalue weighted by molar-refractivity contribution is 9.09. The van der Waals surface area contributed by atoms with E-state index in [-0.39, 0.29) is 22.1 Å². The van der Waals surface area contributed by atoms with Crippen LogP contribution in [0.15, 0.2) is 12.4 Å². The number of methoxy groups -OCH3 is 1. The quantitative estimate of drug-likeness (QED) is 0.420. The minimum absolute atomic E-state index is 0.0748. The molecule has 1 N–H and O–H groups in total. The standard InChI is InChI=1S/C19H29BrN4O4/c1-12(23-17(26)28-18(2,3)4)19(5)7-10-24(13(20)11-19)15-14(16(25)27-6)21-8-9-22-15/h8-9,12-13H,7,10-11H2,1-6H3,(H,23,26). The molecule has 0 aliphatic carbocycles. The maximum atomic E-state index is 12.1. The van der Waals surface area contributed by atoms with Crippen LogP contribution in [0.25, 0.3) is 0 Å². The molecule has 1 fully saturated rings. The summed E-state index contributed by atoms with van der Waals surface area (Å²) in [6.07, 6.45) is 4.14. The predicted octanol–water partition coefficient (Wildman–Crippen LogP) is 3.50. The number of ether oxygens (including phenoxy) is 2. The number of hydrogen-bond acceptors (Lipinski definition) is 7. The van der Waals surface area contributed by atoms with E-state index in [2.05, 4.69) is 38.1 Å². The molecule has 1 amide bonds. The Hall–Kier alpha value is -1.90. The summed E-state index contributed by atoms with van der Waals surface area (Å²) in [6, 6.07) is -0.0912. The van der Waals surface area contributed by atoms with Gasteiger partial charge < -0.3 is 19.7 Å². The smallest absolute Gasteiger partial charge is 0.407 e. The average molecular weight is 457 g/mol. The van der Waals surface area contributed by atoms with Gasteiger partial charge in [-0.1, -0.05) is 22.9 Å². The molecular formula is C19H29BrN4O4. The van der Waals surface area contributed by atoms with Crippen LogP contribution in [0.4, 0.5) is 10.6 Å². The van der Waals surface area contributed by atoms with Gasteiger partial charge in [0.05, 0.1) is 12.1 Å². The molecule has 1 saturated heterocycles. The molecule has 1 aromatic heterocycles. The lowest BCUT2D eigenvalue weighted by molar-refractivity contribution is 0.0438. The van der Waals surface area contributed by atoms with Crippen LogP contribution in [0.5, 0.6) is 0 Å². The van der Waals surface area contributed by atoms with Crippen LogP contribution in [-0.4, -0.2) is 52.3 Å². The molecule has 0 spiro atoms. The number of alkyl halides is 1. The molecule has 0 saturated carbocycles. The van der Waals surface area contributed by atoms with Crippen molar-refractivity contribution in [1.29, 1.82) is 0 Å². The Kier molecular flexibility index (Phi) is 6.90. The molecule has 2 rings (SSSR count). The highest BCUT2D eigenvalue weighted by atomic mass is 79.9. The molecule has 8 nitrogen and oxygen atoms in total. The number of piperidine rings is 1. The monoisotopic (exact) mass is 456 g/mol. The van der Waals surface area contributed by atoms with Gasteiger partial charge in [0.15, 0.2) is 11.5 Å². The molecule has 3 unspecified atom stereocenters. The van der Waals surface area contributed by atoms with Crippen molar-refractivity contribution in [2.75, 3.05) is 18.6 Å². The van der Waals surface area contributed by atoms with Gasteiger partial charge >= 0.3 is 12.1 Å². The van der Waals surface area contributed by atoms with Crippen LogP contribution in [-0.2, 0) is 9.47 Å². The van der Waals surface area contributed by atoms with Crippen LogP contribution in [0.1, 0.15) is 57.9 Å². The lowest BCUT2D eigenvalue weighted by atomic mass is 9.74. The van der Waals surface area contributed by atoms with Crippen LogP contribution in [0, 0.1) is 5.41 Å². The van der Waals surface area contributed by atoms with Crippen LogP contribution in [0.2, 0.25) is 0 Å². The van der Waals surface area contributed by atoms with Crippen molar-refractivity contribution < 1.29 is 19.1 Å². The number of aromatic nitrogens is 2. The average Bonchev–Trinajstić information content (AvgIpc) is 2.59. The van der Waals surface area contributed by atoms with E-state index in [1.165, 1.54) is 13.3 Å². The Morgan fingerprint density at radius 3 is 2.57 bits per heavy atom. The Bertz CT molecular complexity index is 724. The molecule has 9 heteroatoms. The first-order valence-electron chi connectivity index (χ1n) is 9.26. The molecule has 156 valence electrons. The second kappa shape index (κ2) is 8.63. The molecule has 3 atom stereocenters. The molecule has 28 heavy (non-hydrogen) atoms. The number of nitrogens with one attached hydrogen (secondary N) is 1. The lowest BCUT2D eigenvalue weighted by Gasteiger charge is -2.46. The molecule has 0 bridgehead atoms. The summed E-state index contributed by atoms with van der Waals surface area (Å²) < 4.78 is 10.2. The van der Waals surface area contributed by atoms with Crippen LogP contribution >= 0.6 is 15.9 Å². The number of rotatable bonds is 4. The third-order valence-corrected chi connectivity index (χ3v) is 5.82. The van der Waals surface area contributed by atoms with Crippen molar-refractivity contribution in [3.8, 4) is 0 Å². The Labute approximate surface area is 174 Å². The fourth-order valence-electron chi connectivity index (χ4n) is 3.18. The molecule has 2 heterocycles. The third kappa shape index (κ3) is 5.33. The normalized spacial score (nSPS) is 23.7. The second-order valence-electron chi connectivity index (χ2n) is 8.32. The fourth-order valence-corrected chi connectivity index (χ4v) is 4.32. The SMILES string of the molecule is COC(=O)c1nccnc1N1CCC(C)(C(C)NC(=O)OC(C)(C)C)CC1Br. The van der Waals surface area contributed by atoms with Crippen molar-refractivity contribution in [3.05, 3.63) is 18.1 Å². The van der Waals surface area contributed by atoms with E-state index in [1.54, 1.807) is 6.20 Å². The van der Waals surface area contributed by atoms with E-state index < -0.39 is 17.7 Å². The fraction of sp³-hybridized carbons (Fsp3) is 0.684. The second-order valence-corrected chi connectivity index (χ2v) is 9.38. The van der Waals surface area contributed by atoms with E-state index in [4.69, 9.17) is 9.47 Å². The zero-order valence-electron chi connectivity index (χ0n) is 17.3. The van der Waals surface area contributed by atoms with Crippen LogP contribution in [0.3, 0.4) is 0 Å². The Morgan fingerprint density at radius 2 is 2.00 bits per heavy atom. The maximum Gasteiger partial charge on any atom is 0.407 e. The highest BCUT2D eigenvalue weighted by Crippen LogP contribution is 2.41. The number of carbonyl (C=O) groups is 2. The lowest BCUT2D eigenvalue weighted by Crippen LogP contribution is -2.53. The van der Waals surface area contributed by atoms with E-state index in [1.807, 2.05) is 32.6 Å².